The number of carbonyl (C=O) groups is 2. The lowest BCUT2D eigenvalue weighted by molar-refractivity contribution is -0.135. The van der Waals surface area contributed by atoms with E-state index in [2.05, 4.69) is 30.8 Å². The lowest BCUT2D eigenvalue weighted by Crippen LogP contribution is -2.47. The Hall–Kier alpha value is -1.36. The third-order valence-electron chi connectivity index (χ3n) is 4.24. The zero-order valence-electron chi connectivity index (χ0n) is 12.7. The quantitative estimate of drug-likeness (QED) is 0.609. The average molecular weight is 280 g/mol. The topological polar surface area (TPSA) is 67.4 Å². The number of carbonyl (C=O) groups excluding carboxylic acids is 2. The second kappa shape index (κ2) is 5.56. The van der Waals surface area contributed by atoms with Gasteiger partial charge in [-0.1, -0.05) is 25.5 Å². The number of ether oxygens (including phenoxy) is 1. The summed E-state index contributed by atoms with van der Waals surface area (Å²) in [5.41, 5.74) is 6.17. The number of hydrazine groups is 1. The first kappa shape index (κ1) is 15.0. The Bertz CT molecular complexity index is 432. The summed E-state index contributed by atoms with van der Waals surface area (Å²) in [5.74, 6) is -0.216. The van der Waals surface area contributed by atoms with Crippen molar-refractivity contribution in [3.8, 4) is 0 Å². The largest absolute Gasteiger partial charge is 0.368 e. The Labute approximate surface area is 120 Å². The number of allylic oxidation sites excluding steroid dienone is 2. The minimum Gasteiger partial charge on any atom is -0.368 e. The molecule has 0 aromatic heterocycles. The van der Waals surface area contributed by atoms with E-state index >= 15 is 0 Å². The van der Waals surface area contributed by atoms with Crippen molar-refractivity contribution < 1.29 is 14.3 Å². The molecular formula is C15H24N2O3. The molecule has 20 heavy (non-hydrogen) atoms. The fourth-order valence-corrected chi connectivity index (χ4v) is 2.91. The average Bonchev–Trinajstić information content (AvgIpc) is 2.79. The van der Waals surface area contributed by atoms with E-state index in [1.54, 1.807) is 0 Å². The molecule has 0 radical (unpaired) electrons. The van der Waals surface area contributed by atoms with E-state index < -0.39 is 6.10 Å². The van der Waals surface area contributed by atoms with Gasteiger partial charge >= 0.3 is 0 Å². The van der Waals surface area contributed by atoms with Crippen LogP contribution >= 0.6 is 0 Å². The maximum absolute atomic E-state index is 12.1. The van der Waals surface area contributed by atoms with E-state index in [0.29, 0.717) is 6.61 Å². The van der Waals surface area contributed by atoms with Crippen LogP contribution in [0.15, 0.2) is 11.6 Å². The fraction of sp³-hybridized carbons (Fsp3) is 0.733. The number of hydrogen-bond acceptors (Lipinski definition) is 3. The Kier molecular flexibility index (Phi) is 4.18. The lowest BCUT2D eigenvalue weighted by atomic mass is 10.1. The third kappa shape index (κ3) is 3.03. The molecule has 2 aliphatic rings. The molecule has 2 N–H and O–H groups in total. The molecule has 112 valence electrons. The summed E-state index contributed by atoms with van der Waals surface area (Å²) in [7, 11) is 0. The molecule has 2 rings (SSSR count). The molecule has 0 aromatic carbocycles. The SMILES string of the molecule is CC(C)=C[C@@H]1[C@@H](C(=O)NNC(=O)[C@@H]2CCCO2)C1(C)C. The van der Waals surface area contributed by atoms with Gasteiger partial charge in [-0.2, -0.15) is 0 Å². The summed E-state index contributed by atoms with van der Waals surface area (Å²) in [6.07, 6.45) is 3.32. The van der Waals surface area contributed by atoms with Gasteiger partial charge in [0.25, 0.3) is 5.91 Å². The van der Waals surface area contributed by atoms with Gasteiger partial charge in [0.15, 0.2) is 0 Å². The van der Waals surface area contributed by atoms with Crippen LogP contribution in [0.3, 0.4) is 0 Å². The Morgan fingerprint density at radius 2 is 1.85 bits per heavy atom. The number of rotatable bonds is 3. The van der Waals surface area contributed by atoms with Crippen LogP contribution in [0.1, 0.15) is 40.5 Å². The monoisotopic (exact) mass is 280 g/mol. The smallest absolute Gasteiger partial charge is 0.267 e. The summed E-state index contributed by atoms with van der Waals surface area (Å²) in [4.78, 5) is 23.9. The molecule has 0 aromatic rings. The Balaban J connectivity index is 1.83. The predicted molar refractivity (Wildman–Crippen MR) is 75.5 cm³/mol. The molecule has 1 aliphatic heterocycles. The van der Waals surface area contributed by atoms with E-state index in [1.165, 1.54) is 5.57 Å². The van der Waals surface area contributed by atoms with Crippen LogP contribution in [-0.2, 0) is 14.3 Å². The molecule has 1 heterocycles. The zero-order valence-corrected chi connectivity index (χ0v) is 12.7. The molecule has 2 fully saturated rings. The molecule has 1 saturated heterocycles. The van der Waals surface area contributed by atoms with Gasteiger partial charge < -0.3 is 4.74 Å². The first-order valence-corrected chi connectivity index (χ1v) is 7.20. The van der Waals surface area contributed by atoms with Gasteiger partial charge in [0, 0.05) is 6.61 Å². The van der Waals surface area contributed by atoms with E-state index in [9.17, 15) is 9.59 Å². The zero-order chi connectivity index (χ0) is 14.9. The summed E-state index contributed by atoms with van der Waals surface area (Å²) in [5, 5.41) is 0. The van der Waals surface area contributed by atoms with E-state index in [1.807, 2.05) is 13.8 Å². The third-order valence-corrected chi connectivity index (χ3v) is 4.24. The van der Waals surface area contributed by atoms with Gasteiger partial charge in [-0.15, -0.1) is 0 Å². The van der Waals surface area contributed by atoms with Gasteiger partial charge in [0.1, 0.15) is 6.10 Å². The predicted octanol–water partition coefficient (Wildman–Crippen LogP) is 1.55. The first-order valence-electron chi connectivity index (χ1n) is 7.20. The molecule has 0 spiro atoms. The van der Waals surface area contributed by atoms with Gasteiger partial charge in [-0.25, -0.2) is 0 Å². The van der Waals surface area contributed by atoms with Gasteiger partial charge in [-0.05, 0) is 38.0 Å². The second-order valence-electron chi connectivity index (χ2n) is 6.55. The van der Waals surface area contributed by atoms with Crippen LogP contribution in [0.4, 0.5) is 0 Å². The minimum absolute atomic E-state index is 0.0457. The standard InChI is InChI=1S/C15H24N2O3/c1-9(2)8-10-12(15(10,3)4)14(19)17-16-13(18)11-6-5-7-20-11/h8,10-12H,5-7H2,1-4H3,(H,16,18)(H,17,19)/t10-,11+,12+/m1/s1. The van der Waals surface area contributed by atoms with Gasteiger partial charge in [0.2, 0.25) is 5.91 Å². The molecular weight excluding hydrogens is 256 g/mol. The molecule has 2 amide bonds. The Morgan fingerprint density at radius 3 is 2.40 bits per heavy atom. The molecule has 5 nitrogen and oxygen atoms in total. The highest BCUT2D eigenvalue weighted by Crippen LogP contribution is 2.59. The van der Waals surface area contributed by atoms with Crippen molar-refractivity contribution in [2.24, 2.45) is 17.3 Å². The van der Waals surface area contributed by atoms with Crippen molar-refractivity contribution in [3.63, 3.8) is 0 Å². The van der Waals surface area contributed by atoms with Crippen molar-refractivity contribution in [3.05, 3.63) is 11.6 Å². The van der Waals surface area contributed by atoms with Crippen LogP contribution < -0.4 is 10.9 Å². The summed E-state index contributed by atoms with van der Waals surface area (Å²) >= 11 is 0. The number of nitrogens with one attached hydrogen (secondary N) is 2. The molecule has 3 atom stereocenters. The Morgan fingerprint density at radius 1 is 1.20 bits per heavy atom. The second-order valence-corrected chi connectivity index (χ2v) is 6.55. The highest BCUT2D eigenvalue weighted by atomic mass is 16.5. The first-order chi connectivity index (χ1) is 9.34. The van der Waals surface area contributed by atoms with Gasteiger partial charge in [0.05, 0.1) is 5.92 Å². The molecule has 1 aliphatic carbocycles. The van der Waals surface area contributed by atoms with Crippen molar-refractivity contribution in [1.82, 2.24) is 10.9 Å². The van der Waals surface area contributed by atoms with E-state index in [4.69, 9.17) is 4.74 Å². The summed E-state index contributed by atoms with van der Waals surface area (Å²) < 4.78 is 5.26. The van der Waals surface area contributed by atoms with Crippen LogP contribution in [0, 0.1) is 17.3 Å². The van der Waals surface area contributed by atoms with Crippen molar-refractivity contribution in [1.29, 1.82) is 0 Å². The van der Waals surface area contributed by atoms with Crippen LogP contribution in [0.25, 0.3) is 0 Å². The maximum Gasteiger partial charge on any atom is 0.267 e. The van der Waals surface area contributed by atoms with Gasteiger partial charge in [-0.3, -0.25) is 20.4 Å². The van der Waals surface area contributed by atoms with Crippen LogP contribution in [-0.4, -0.2) is 24.5 Å². The van der Waals surface area contributed by atoms with Crippen LogP contribution in [0.5, 0.6) is 0 Å². The highest BCUT2D eigenvalue weighted by molar-refractivity contribution is 5.88. The normalized spacial score (nSPS) is 30.5. The highest BCUT2D eigenvalue weighted by Gasteiger charge is 2.60. The molecule has 1 saturated carbocycles. The summed E-state index contributed by atoms with van der Waals surface area (Å²) in [6.45, 7) is 8.82. The number of hydrogen-bond donors (Lipinski definition) is 2. The summed E-state index contributed by atoms with van der Waals surface area (Å²) in [6, 6.07) is 0. The fourth-order valence-electron chi connectivity index (χ4n) is 2.91. The molecule has 0 unspecified atom stereocenters. The maximum atomic E-state index is 12.1. The van der Waals surface area contributed by atoms with Crippen molar-refractivity contribution >= 4 is 11.8 Å². The van der Waals surface area contributed by atoms with Crippen LogP contribution in [0.2, 0.25) is 0 Å². The van der Waals surface area contributed by atoms with Crippen molar-refractivity contribution in [2.45, 2.75) is 46.6 Å². The molecule has 5 heteroatoms. The van der Waals surface area contributed by atoms with E-state index in [0.717, 1.165) is 12.8 Å². The van der Waals surface area contributed by atoms with Crippen molar-refractivity contribution in [2.75, 3.05) is 6.61 Å². The number of amides is 2. The lowest BCUT2D eigenvalue weighted by Gasteiger charge is -2.11. The van der Waals surface area contributed by atoms with E-state index in [-0.39, 0.29) is 29.1 Å². The molecule has 0 bridgehead atoms. The minimum atomic E-state index is -0.420.